The van der Waals surface area contributed by atoms with Crippen LogP contribution in [0.4, 0.5) is 14.9 Å². The molecule has 0 saturated carbocycles. The molecule has 5 heterocycles. The third-order valence-electron chi connectivity index (χ3n) is 20.7. The smallest absolute Gasteiger partial charge is 0.345 e. The second kappa shape index (κ2) is 43.7. The number of quaternary nitrogens is 1. The van der Waals surface area contributed by atoms with E-state index in [1.807, 2.05) is 37.3 Å². The van der Waals surface area contributed by atoms with Gasteiger partial charge in [0.2, 0.25) is 41.5 Å². The Morgan fingerprint density at radius 3 is 2.17 bits per heavy atom. The number of rotatable bonds is 45. The number of fused-ring (bicyclic) bond motifs is 1. The minimum atomic E-state index is -4.47. The molecule has 0 spiro atoms. The van der Waals surface area contributed by atoms with Gasteiger partial charge >= 0.3 is 25.6 Å². The summed E-state index contributed by atoms with van der Waals surface area (Å²) in [7, 11) is 0.624. The molecule has 0 bridgehead atoms. The SMILES string of the molecule is COc1ccccc1-c1nccc(COc2ccccc2C[C@@H](Oc2ncnc3sc(-c4ccc(F)cc4)c(-c4ccc(OCCN5CC[N+](C)(Cc6ccc(NC(=O)[C@H](CCCNC(N)=O)NC(=O)[C@@H](NC(=O)CCOCCN7C(=O)C=CC7=O)C(C)C)cc6CN(C)C(=O)[C@H](CCC(=O)O)NC(=O)CCCP(=O)(O)O)CC5)c(Cl)c4C)c23)C(=O)O)n1. The number of halogens is 2. The number of carbonyl (C=O) groups excluding carboxylic acids is 8. The monoisotopic (exact) mass is 1750 g/mol. The molecule has 4 atom stereocenters. The number of ether oxygens (including phenoxy) is 5. The van der Waals surface area contributed by atoms with Crippen LogP contribution in [-0.2, 0) is 78.6 Å². The summed E-state index contributed by atoms with van der Waals surface area (Å²) in [5.74, 6) is -6.08. The standard InChI is InChI=1S/C85H99ClFN14O20PS/c1-51(2)76(97-69(103)32-41-118-42-38-100-70(104)28-29-71(100)105)80(109)96-62(15-11-33-90-85(88)113)79(108)94-58-24-21-55(56(45-58)47-98(4)83(110)63(26-30-72(106)107)95-68(102)18-12-44-122(114,115)116)48-101(5)39-35-99(36-40-101)37-43-119-66-27-25-60(52(3)75(66)86)73-74-81(91-50-92-82(74)123-77(73)53-19-22-57(87)23-20-53)121-67(84(111)112)46-54-13-7-9-16-64(54)120-49-59-31-34-89-78(93-59)61-14-8-10-17-65(61)117-6/h7-10,13-14,16-17,19-25,27-29,31,34,45,50-51,62-63,67,76H,11-12,15,18,26,30,32-33,35-44,46-49H2,1-6H3,(H10-,88,90,94,95,96,97,102,103,106,107,108,109,111,112,113,114,115,116)/p+1/t62-,63-,67+,76-/m0/s1. The van der Waals surface area contributed by atoms with Gasteiger partial charge in [0.15, 0.2) is 5.82 Å². The number of aromatic nitrogens is 4. The number of hydrogen-bond acceptors (Lipinski definition) is 22. The Labute approximate surface area is 717 Å². The van der Waals surface area contributed by atoms with Crippen molar-refractivity contribution >= 4 is 106 Å². The van der Waals surface area contributed by atoms with Gasteiger partial charge in [0.25, 0.3) is 11.8 Å². The first-order valence-electron chi connectivity index (χ1n) is 39.8. The summed E-state index contributed by atoms with van der Waals surface area (Å²) in [6.45, 7) is 8.41. The number of thiophene rings is 1. The number of imide groups is 1. The summed E-state index contributed by atoms with van der Waals surface area (Å²) >= 11 is 8.59. The van der Waals surface area contributed by atoms with Crippen molar-refractivity contribution in [2.45, 2.75) is 116 Å². The highest BCUT2D eigenvalue weighted by Crippen LogP contribution is 2.50. The number of benzene rings is 5. The largest absolute Gasteiger partial charge is 0.496 e. The van der Waals surface area contributed by atoms with Crippen molar-refractivity contribution in [1.82, 2.24) is 55.9 Å². The zero-order chi connectivity index (χ0) is 88.7. The first-order valence-corrected chi connectivity index (χ1v) is 42.8. The predicted molar refractivity (Wildman–Crippen MR) is 453 cm³/mol. The van der Waals surface area contributed by atoms with Crippen LogP contribution < -0.4 is 51.3 Å². The molecule has 8 aromatic rings. The van der Waals surface area contributed by atoms with Gasteiger partial charge in [-0.25, -0.2) is 33.9 Å². The van der Waals surface area contributed by atoms with E-state index in [1.165, 1.54) is 41.7 Å². The van der Waals surface area contributed by atoms with Crippen molar-refractivity contribution in [3.8, 4) is 56.1 Å². The normalized spacial score (nSPS) is 14.3. The Balaban J connectivity index is 0.834. The molecule has 123 heavy (non-hydrogen) atoms. The zero-order valence-corrected chi connectivity index (χ0v) is 71.2. The molecule has 1 saturated heterocycles. The van der Waals surface area contributed by atoms with E-state index in [1.54, 1.807) is 93.9 Å². The number of carboxylic acid groups (broad SMARTS) is 2. The third kappa shape index (κ3) is 26.6. The first kappa shape index (κ1) is 93.4. The number of primary amides is 1. The molecule has 654 valence electrons. The number of nitrogens with two attached hydrogens (primary N) is 1. The molecule has 2 aliphatic rings. The fourth-order valence-electron chi connectivity index (χ4n) is 14.1. The zero-order valence-electron chi connectivity index (χ0n) is 68.7. The topological polar surface area (TPSA) is 462 Å². The number of hydrogen-bond donors (Lipinski definition) is 10. The predicted octanol–water partition coefficient (Wildman–Crippen LogP) is 8.20. The van der Waals surface area contributed by atoms with Crippen molar-refractivity contribution < 1.29 is 105 Å². The fraction of sp³-hybridized carbons (Fsp3) is 0.388. The lowest BCUT2D eigenvalue weighted by Crippen LogP contribution is -2.57. The quantitative estimate of drug-likeness (QED) is 0.00743. The molecule has 3 aromatic heterocycles. The van der Waals surface area contributed by atoms with Crippen LogP contribution in [0.3, 0.4) is 0 Å². The van der Waals surface area contributed by atoms with Gasteiger partial charge in [-0.3, -0.25) is 52.7 Å². The first-order chi connectivity index (χ1) is 58.7. The number of methoxy groups -OCH3 is 1. The van der Waals surface area contributed by atoms with E-state index in [-0.39, 0.29) is 108 Å². The minimum Gasteiger partial charge on any atom is -0.496 e. The van der Waals surface area contributed by atoms with Gasteiger partial charge in [-0.05, 0) is 121 Å². The van der Waals surface area contributed by atoms with Gasteiger partial charge in [-0.15, -0.1) is 11.3 Å². The summed E-state index contributed by atoms with van der Waals surface area (Å²) in [6.07, 6.45) is 1.44. The highest BCUT2D eigenvalue weighted by molar-refractivity contribution is 7.51. The minimum absolute atomic E-state index is 0.0205. The number of para-hydroxylation sites is 2. The lowest BCUT2D eigenvalue weighted by molar-refractivity contribution is -0.926. The maximum atomic E-state index is 14.6. The number of piperazine rings is 1. The van der Waals surface area contributed by atoms with Crippen LogP contribution >= 0.6 is 30.5 Å². The molecule has 34 nitrogen and oxygen atoms in total. The Bertz CT molecular complexity index is 5230. The molecule has 5 aromatic carbocycles. The third-order valence-corrected chi connectivity index (χ3v) is 23.3. The Hall–Kier alpha value is -11.9. The average molecular weight is 1760 g/mol. The highest BCUT2D eigenvalue weighted by atomic mass is 35.5. The maximum absolute atomic E-state index is 14.6. The van der Waals surface area contributed by atoms with E-state index < -0.39 is 115 Å². The molecule has 9 amide bonds. The van der Waals surface area contributed by atoms with E-state index in [0.717, 1.165) is 22.6 Å². The van der Waals surface area contributed by atoms with Crippen LogP contribution in [0.2, 0.25) is 5.02 Å². The number of nitrogens with zero attached hydrogens (tertiary/aromatic N) is 8. The van der Waals surface area contributed by atoms with Crippen LogP contribution in [0.25, 0.3) is 43.2 Å². The summed E-state index contributed by atoms with van der Waals surface area (Å²) in [5.41, 5.74) is 11.0. The number of anilines is 1. The second-order valence-corrected chi connectivity index (χ2v) is 33.4. The molecule has 0 unspecified atom stereocenters. The molecule has 0 aliphatic carbocycles. The second-order valence-electron chi connectivity index (χ2n) is 30.3. The van der Waals surface area contributed by atoms with Crippen molar-refractivity contribution in [2.75, 3.05) is 98.3 Å². The molecule has 2 aliphatic heterocycles. The van der Waals surface area contributed by atoms with Crippen LogP contribution in [0.15, 0.2) is 134 Å². The van der Waals surface area contributed by atoms with Gasteiger partial charge in [-0.1, -0.05) is 80.0 Å². The lowest BCUT2D eigenvalue weighted by Gasteiger charge is -2.42. The summed E-state index contributed by atoms with van der Waals surface area (Å²) in [6, 6.07) is 26.1. The van der Waals surface area contributed by atoms with Gasteiger partial charge in [0.05, 0.1) is 74.8 Å². The number of urea groups is 1. The maximum Gasteiger partial charge on any atom is 0.345 e. The molecule has 38 heteroatoms. The van der Waals surface area contributed by atoms with E-state index in [9.17, 15) is 76.9 Å². The highest BCUT2D eigenvalue weighted by Gasteiger charge is 2.35. The number of aliphatic carboxylic acids is 2. The number of amides is 9. The van der Waals surface area contributed by atoms with Crippen molar-refractivity contribution in [3.63, 3.8) is 0 Å². The number of nitrogens with one attached hydrogen (secondary N) is 5. The Morgan fingerprint density at radius 2 is 1.47 bits per heavy atom. The molecule has 1 fully saturated rings. The van der Waals surface area contributed by atoms with E-state index in [0.29, 0.717) is 127 Å². The van der Waals surface area contributed by atoms with Gasteiger partial charge < -0.3 is 85.4 Å². The van der Waals surface area contributed by atoms with Crippen molar-refractivity contribution in [3.05, 3.63) is 173 Å². The molecular weight excluding hydrogens is 1650 g/mol. The van der Waals surface area contributed by atoms with E-state index >= 15 is 0 Å². The Kier molecular flexibility index (Phi) is 33.2. The average Bonchev–Trinajstić information content (AvgIpc) is 1.59. The summed E-state index contributed by atoms with van der Waals surface area (Å²) < 4.78 is 57.0. The van der Waals surface area contributed by atoms with Crippen LogP contribution in [0.5, 0.6) is 23.1 Å². The fourth-order valence-corrected chi connectivity index (χ4v) is 16.0. The number of likely N-dealkylation sites (N-methyl/N-ethyl adjacent to an activating group) is 2. The van der Waals surface area contributed by atoms with Gasteiger partial charge in [0, 0.05) is 105 Å². The van der Waals surface area contributed by atoms with E-state index in [2.05, 4.69) is 53.5 Å². The van der Waals surface area contributed by atoms with Crippen LogP contribution in [-0.4, -0.2) is 236 Å². The van der Waals surface area contributed by atoms with Crippen LogP contribution in [0, 0.1) is 18.7 Å². The summed E-state index contributed by atoms with van der Waals surface area (Å²) in [5, 5.41) is 34.6. The summed E-state index contributed by atoms with van der Waals surface area (Å²) in [4.78, 5) is 173. The molecule has 0 radical (unpaired) electrons. The molecular formula is C85H100ClFN14O20PS+. The molecule has 11 N–H and O–H groups in total. The number of carbonyl (C=O) groups is 10. The lowest BCUT2D eigenvalue weighted by atomic mass is 9.96. The number of carboxylic acids is 2. The van der Waals surface area contributed by atoms with Crippen molar-refractivity contribution in [2.24, 2.45) is 11.7 Å². The van der Waals surface area contributed by atoms with Gasteiger partial charge in [-0.2, -0.15) is 0 Å². The van der Waals surface area contributed by atoms with Gasteiger partial charge in [0.1, 0.15) is 72.1 Å². The Morgan fingerprint density at radius 1 is 0.756 bits per heavy atom. The molecule has 10 rings (SSSR count). The van der Waals surface area contributed by atoms with E-state index in [4.69, 9.17) is 46.0 Å². The van der Waals surface area contributed by atoms with Crippen molar-refractivity contribution in [1.29, 1.82) is 0 Å². The van der Waals surface area contributed by atoms with Crippen LogP contribution in [0.1, 0.15) is 86.7 Å².